The first-order valence-corrected chi connectivity index (χ1v) is 7.38. The minimum absolute atomic E-state index is 0.0766. The van der Waals surface area contributed by atoms with E-state index in [0.717, 1.165) is 18.4 Å². The van der Waals surface area contributed by atoms with Crippen LogP contribution < -0.4 is 11.1 Å². The summed E-state index contributed by atoms with van der Waals surface area (Å²) in [5.41, 5.74) is 6.81. The van der Waals surface area contributed by atoms with E-state index >= 15 is 0 Å². The molecule has 5 heteroatoms. The van der Waals surface area contributed by atoms with Crippen molar-refractivity contribution >= 4 is 11.8 Å². The van der Waals surface area contributed by atoms with Crippen LogP contribution in [0.5, 0.6) is 0 Å². The highest BCUT2D eigenvalue weighted by atomic mass is 16.2. The Labute approximate surface area is 125 Å². The normalized spacial score (nSPS) is 15.3. The van der Waals surface area contributed by atoms with Gasteiger partial charge in [-0.2, -0.15) is 0 Å². The van der Waals surface area contributed by atoms with Crippen LogP contribution in [0.25, 0.3) is 0 Å². The molecular weight excluding hydrogens is 266 g/mol. The van der Waals surface area contributed by atoms with Gasteiger partial charge < -0.3 is 16.0 Å². The van der Waals surface area contributed by atoms with Crippen molar-refractivity contribution in [2.24, 2.45) is 11.7 Å². The lowest BCUT2D eigenvalue weighted by Crippen LogP contribution is -2.43. The van der Waals surface area contributed by atoms with E-state index in [0.29, 0.717) is 12.5 Å². The fourth-order valence-electron chi connectivity index (χ4n) is 2.28. The first-order chi connectivity index (χ1) is 10.1. The zero-order chi connectivity index (χ0) is 15.2. The lowest BCUT2D eigenvalue weighted by atomic mass is 9.98. The first kappa shape index (κ1) is 15.5. The summed E-state index contributed by atoms with van der Waals surface area (Å²) in [7, 11) is 1.66. The van der Waals surface area contributed by atoms with Crippen molar-refractivity contribution in [3.8, 4) is 0 Å². The van der Waals surface area contributed by atoms with Crippen molar-refractivity contribution < 1.29 is 9.59 Å². The molecule has 1 aromatic carbocycles. The molecule has 1 aliphatic carbocycles. The molecule has 1 aromatic rings. The van der Waals surface area contributed by atoms with Crippen LogP contribution in [0.2, 0.25) is 0 Å². The second-order valence-corrected chi connectivity index (χ2v) is 5.66. The molecular formula is C16H23N3O2. The summed E-state index contributed by atoms with van der Waals surface area (Å²) in [6.07, 6.45) is 2.69. The monoisotopic (exact) mass is 289 g/mol. The van der Waals surface area contributed by atoms with Gasteiger partial charge in [0.05, 0.1) is 12.5 Å². The lowest BCUT2D eigenvalue weighted by Gasteiger charge is -2.22. The summed E-state index contributed by atoms with van der Waals surface area (Å²) in [4.78, 5) is 25.6. The molecule has 21 heavy (non-hydrogen) atoms. The van der Waals surface area contributed by atoms with Crippen LogP contribution in [0.3, 0.4) is 0 Å². The van der Waals surface area contributed by atoms with E-state index in [1.807, 2.05) is 30.3 Å². The molecule has 0 radical (unpaired) electrons. The van der Waals surface area contributed by atoms with Crippen molar-refractivity contribution in [2.45, 2.75) is 25.3 Å². The quantitative estimate of drug-likeness (QED) is 0.769. The molecule has 2 amide bonds. The number of nitrogens with one attached hydrogen (secondary N) is 1. The van der Waals surface area contributed by atoms with Crippen molar-refractivity contribution in [3.63, 3.8) is 0 Å². The number of nitrogens with zero attached hydrogens (tertiary/aromatic N) is 1. The largest absolute Gasteiger partial charge is 0.352 e. The standard InChI is InChI=1S/C16H23N3O2/c1-19(11-15(20)18-14-7-8-14)16(21)13(10-17)9-12-5-3-2-4-6-12/h2-6,13-14H,7-11,17H2,1H3,(H,18,20). The predicted molar refractivity (Wildman–Crippen MR) is 81.5 cm³/mol. The molecule has 3 N–H and O–H groups in total. The highest BCUT2D eigenvalue weighted by Gasteiger charge is 2.26. The number of nitrogens with two attached hydrogens (primary N) is 1. The first-order valence-electron chi connectivity index (χ1n) is 7.38. The number of carbonyl (C=O) groups excluding carboxylic acids is 2. The number of carbonyl (C=O) groups is 2. The molecule has 1 unspecified atom stereocenters. The Morgan fingerprint density at radius 2 is 2.00 bits per heavy atom. The molecule has 1 fully saturated rings. The molecule has 0 heterocycles. The molecule has 0 aromatic heterocycles. The fourth-order valence-corrected chi connectivity index (χ4v) is 2.28. The number of rotatable bonds is 7. The maximum Gasteiger partial charge on any atom is 0.239 e. The summed E-state index contributed by atoms with van der Waals surface area (Å²) in [6.45, 7) is 0.378. The third-order valence-electron chi connectivity index (χ3n) is 3.66. The van der Waals surface area contributed by atoms with E-state index in [9.17, 15) is 9.59 Å². The van der Waals surface area contributed by atoms with Gasteiger partial charge in [-0.15, -0.1) is 0 Å². The summed E-state index contributed by atoms with van der Waals surface area (Å²) >= 11 is 0. The molecule has 0 spiro atoms. The van der Waals surface area contributed by atoms with Crippen LogP contribution in [-0.2, 0) is 16.0 Å². The molecule has 1 saturated carbocycles. The summed E-state index contributed by atoms with van der Waals surface area (Å²) in [5, 5.41) is 2.88. The highest BCUT2D eigenvalue weighted by Crippen LogP contribution is 2.18. The second-order valence-electron chi connectivity index (χ2n) is 5.66. The number of likely N-dealkylation sites (N-methyl/N-ethyl adjacent to an activating group) is 1. The molecule has 0 aliphatic heterocycles. The molecule has 0 bridgehead atoms. The van der Waals surface area contributed by atoms with E-state index in [2.05, 4.69) is 5.32 Å². The Bertz CT molecular complexity index is 486. The summed E-state index contributed by atoms with van der Waals surface area (Å²) in [5.74, 6) is -0.456. The second kappa shape index (κ2) is 7.22. The smallest absolute Gasteiger partial charge is 0.239 e. The molecule has 1 aliphatic rings. The van der Waals surface area contributed by atoms with Crippen LogP contribution in [0.4, 0.5) is 0 Å². The van der Waals surface area contributed by atoms with Crippen molar-refractivity contribution in [1.29, 1.82) is 0 Å². The van der Waals surface area contributed by atoms with Crippen LogP contribution in [0.15, 0.2) is 30.3 Å². The van der Waals surface area contributed by atoms with Crippen LogP contribution in [0.1, 0.15) is 18.4 Å². The van der Waals surface area contributed by atoms with Crippen molar-refractivity contribution in [2.75, 3.05) is 20.1 Å². The van der Waals surface area contributed by atoms with Gasteiger partial charge in [0.1, 0.15) is 0 Å². The van der Waals surface area contributed by atoms with Crippen LogP contribution >= 0.6 is 0 Å². The van der Waals surface area contributed by atoms with Gasteiger partial charge >= 0.3 is 0 Å². The molecule has 0 saturated heterocycles. The molecule has 1 atom stereocenters. The Balaban J connectivity index is 1.87. The van der Waals surface area contributed by atoms with Gasteiger partial charge in [0.25, 0.3) is 0 Å². The van der Waals surface area contributed by atoms with E-state index in [1.165, 1.54) is 4.90 Å². The predicted octanol–water partition coefficient (Wildman–Crippen LogP) is 0.541. The molecule has 2 rings (SSSR count). The van der Waals surface area contributed by atoms with Gasteiger partial charge in [-0.25, -0.2) is 0 Å². The number of hydrogen-bond donors (Lipinski definition) is 2. The van der Waals surface area contributed by atoms with Gasteiger partial charge in [0.2, 0.25) is 11.8 Å². The Kier molecular flexibility index (Phi) is 5.33. The minimum atomic E-state index is -0.286. The topological polar surface area (TPSA) is 75.4 Å². The average Bonchev–Trinajstić information content (AvgIpc) is 3.28. The highest BCUT2D eigenvalue weighted by molar-refractivity contribution is 5.86. The third kappa shape index (κ3) is 4.86. The lowest BCUT2D eigenvalue weighted by molar-refractivity contribution is -0.137. The number of benzene rings is 1. The van der Waals surface area contributed by atoms with Crippen molar-refractivity contribution in [3.05, 3.63) is 35.9 Å². The molecule has 5 nitrogen and oxygen atoms in total. The summed E-state index contributed by atoms with van der Waals surface area (Å²) < 4.78 is 0. The third-order valence-corrected chi connectivity index (χ3v) is 3.66. The Hall–Kier alpha value is -1.88. The van der Waals surface area contributed by atoms with Gasteiger partial charge in [-0.05, 0) is 24.8 Å². The van der Waals surface area contributed by atoms with E-state index in [-0.39, 0.29) is 30.8 Å². The maximum atomic E-state index is 12.4. The summed E-state index contributed by atoms with van der Waals surface area (Å²) in [6, 6.07) is 10.1. The maximum absolute atomic E-state index is 12.4. The Morgan fingerprint density at radius 3 is 2.57 bits per heavy atom. The van der Waals surface area contributed by atoms with Crippen molar-refractivity contribution in [1.82, 2.24) is 10.2 Å². The Morgan fingerprint density at radius 1 is 1.33 bits per heavy atom. The average molecular weight is 289 g/mol. The minimum Gasteiger partial charge on any atom is -0.352 e. The number of hydrogen-bond acceptors (Lipinski definition) is 3. The SMILES string of the molecule is CN(CC(=O)NC1CC1)C(=O)C(CN)Cc1ccccc1. The van der Waals surface area contributed by atoms with Gasteiger partial charge in [-0.3, -0.25) is 9.59 Å². The van der Waals surface area contributed by atoms with E-state index < -0.39 is 0 Å². The van der Waals surface area contributed by atoms with Gasteiger partial charge in [-0.1, -0.05) is 30.3 Å². The zero-order valence-corrected chi connectivity index (χ0v) is 12.4. The van der Waals surface area contributed by atoms with Crippen LogP contribution in [-0.4, -0.2) is 42.9 Å². The van der Waals surface area contributed by atoms with E-state index in [1.54, 1.807) is 7.05 Å². The zero-order valence-electron chi connectivity index (χ0n) is 12.4. The van der Waals surface area contributed by atoms with Crippen LogP contribution in [0, 0.1) is 5.92 Å². The van der Waals surface area contributed by atoms with E-state index in [4.69, 9.17) is 5.73 Å². The fraction of sp³-hybridized carbons (Fsp3) is 0.500. The molecule has 114 valence electrons. The van der Waals surface area contributed by atoms with Gasteiger partial charge in [0, 0.05) is 19.6 Å². The van der Waals surface area contributed by atoms with Gasteiger partial charge in [0.15, 0.2) is 0 Å². The number of amides is 2.